The molecule has 0 aliphatic carbocycles. The molecular weight excluding hydrogens is 318 g/mol. The Hall–Kier alpha value is -3.02. The summed E-state index contributed by atoms with van der Waals surface area (Å²) in [6.07, 6.45) is 1.91. The SMILES string of the molecule is CCCCNC(=O)c1ccccc1NC(=O)Nc1ccccc1OC. The van der Waals surface area contributed by atoms with Gasteiger partial charge in [-0.2, -0.15) is 0 Å². The van der Waals surface area contributed by atoms with E-state index in [0.717, 1.165) is 12.8 Å². The molecule has 2 aromatic rings. The maximum absolute atomic E-state index is 12.3. The summed E-state index contributed by atoms with van der Waals surface area (Å²) in [4.78, 5) is 24.6. The van der Waals surface area contributed by atoms with Crippen molar-refractivity contribution in [3.63, 3.8) is 0 Å². The van der Waals surface area contributed by atoms with Gasteiger partial charge in [0.15, 0.2) is 0 Å². The number of anilines is 2. The van der Waals surface area contributed by atoms with E-state index in [1.807, 2.05) is 6.07 Å². The maximum Gasteiger partial charge on any atom is 0.323 e. The average molecular weight is 341 g/mol. The van der Waals surface area contributed by atoms with Gasteiger partial charge in [0, 0.05) is 6.54 Å². The third-order valence-corrected chi connectivity index (χ3v) is 3.59. The van der Waals surface area contributed by atoms with Crippen molar-refractivity contribution in [1.82, 2.24) is 5.32 Å². The molecule has 2 aromatic carbocycles. The molecule has 0 aromatic heterocycles. The third kappa shape index (κ3) is 5.24. The van der Waals surface area contributed by atoms with Crippen LogP contribution in [-0.2, 0) is 0 Å². The lowest BCUT2D eigenvalue weighted by atomic mass is 10.1. The number of ether oxygens (including phenoxy) is 1. The van der Waals surface area contributed by atoms with Crippen LogP contribution in [0.5, 0.6) is 5.75 Å². The lowest BCUT2D eigenvalue weighted by molar-refractivity contribution is 0.0954. The molecule has 25 heavy (non-hydrogen) atoms. The Labute approximate surface area is 147 Å². The number of urea groups is 1. The number of methoxy groups -OCH3 is 1. The number of carbonyl (C=O) groups is 2. The molecule has 6 heteroatoms. The van der Waals surface area contributed by atoms with Gasteiger partial charge in [-0.25, -0.2) is 4.79 Å². The minimum atomic E-state index is -0.446. The highest BCUT2D eigenvalue weighted by atomic mass is 16.5. The van der Waals surface area contributed by atoms with Gasteiger partial charge in [0.05, 0.1) is 24.0 Å². The van der Waals surface area contributed by atoms with Crippen molar-refractivity contribution >= 4 is 23.3 Å². The van der Waals surface area contributed by atoms with E-state index in [1.165, 1.54) is 7.11 Å². The van der Waals surface area contributed by atoms with Crippen LogP contribution in [-0.4, -0.2) is 25.6 Å². The summed E-state index contributed by atoms with van der Waals surface area (Å²) in [5, 5.41) is 8.29. The van der Waals surface area contributed by atoms with Crippen LogP contribution in [0.1, 0.15) is 30.1 Å². The van der Waals surface area contributed by atoms with E-state index in [9.17, 15) is 9.59 Å². The van der Waals surface area contributed by atoms with E-state index >= 15 is 0 Å². The van der Waals surface area contributed by atoms with Crippen molar-refractivity contribution in [1.29, 1.82) is 0 Å². The highest BCUT2D eigenvalue weighted by molar-refractivity contribution is 6.06. The summed E-state index contributed by atoms with van der Waals surface area (Å²) in [6.45, 7) is 2.67. The number of para-hydroxylation sites is 3. The van der Waals surface area contributed by atoms with Crippen LogP contribution < -0.4 is 20.7 Å². The average Bonchev–Trinajstić information content (AvgIpc) is 2.62. The van der Waals surface area contributed by atoms with Gasteiger partial charge in [-0.3, -0.25) is 4.79 Å². The van der Waals surface area contributed by atoms with E-state index in [2.05, 4.69) is 22.9 Å². The predicted molar refractivity (Wildman–Crippen MR) is 99.3 cm³/mol. The van der Waals surface area contributed by atoms with Gasteiger partial charge < -0.3 is 20.7 Å². The number of hydrogen-bond acceptors (Lipinski definition) is 3. The van der Waals surface area contributed by atoms with E-state index in [-0.39, 0.29) is 5.91 Å². The Morgan fingerprint density at radius 3 is 2.32 bits per heavy atom. The smallest absolute Gasteiger partial charge is 0.323 e. The first-order chi connectivity index (χ1) is 12.2. The summed E-state index contributed by atoms with van der Waals surface area (Å²) in [7, 11) is 1.54. The zero-order valence-electron chi connectivity index (χ0n) is 14.5. The number of hydrogen-bond donors (Lipinski definition) is 3. The summed E-state index contributed by atoms with van der Waals surface area (Å²) in [5.74, 6) is 0.352. The van der Waals surface area contributed by atoms with E-state index in [1.54, 1.807) is 42.5 Å². The Kier molecular flexibility index (Phi) is 6.83. The van der Waals surface area contributed by atoms with E-state index in [0.29, 0.717) is 29.2 Å². The predicted octanol–water partition coefficient (Wildman–Crippen LogP) is 3.87. The standard InChI is InChI=1S/C19H23N3O3/c1-3-4-13-20-18(23)14-9-5-6-10-15(14)21-19(24)22-16-11-7-8-12-17(16)25-2/h5-12H,3-4,13H2,1-2H3,(H,20,23)(H2,21,22,24). The molecule has 0 spiro atoms. The molecule has 0 atom stereocenters. The molecule has 0 radical (unpaired) electrons. The normalized spacial score (nSPS) is 10.0. The molecule has 0 fully saturated rings. The largest absolute Gasteiger partial charge is 0.495 e. The minimum Gasteiger partial charge on any atom is -0.495 e. The van der Waals surface area contributed by atoms with Crippen molar-refractivity contribution in [3.05, 3.63) is 54.1 Å². The number of nitrogens with one attached hydrogen (secondary N) is 3. The molecule has 0 aliphatic heterocycles. The second-order valence-corrected chi connectivity index (χ2v) is 5.43. The molecular formula is C19H23N3O3. The molecule has 0 saturated carbocycles. The van der Waals surface area contributed by atoms with Gasteiger partial charge in [-0.15, -0.1) is 0 Å². The molecule has 0 aliphatic rings. The zero-order chi connectivity index (χ0) is 18.1. The van der Waals surface area contributed by atoms with Crippen LogP contribution in [0.15, 0.2) is 48.5 Å². The summed E-state index contributed by atoms with van der Waals surface area (Å²) in [6, 6.07) is 13.6. The van der Waals surface area contributed by atoms with Crippen LogP contribution in [0, 0.1) is 0 Å². The van der Waals surface area contributed by atoms with Crippen LogP contribution in [0.3, 0.4) is 0 Å². The monoisotopic (exact) mass is 341 g/mol. The molecule has 6 nitrogen and oxygen atoms in total. The van der Waals surface area contributed by atoms with Gasteiger partial charge in [0.1, 0.15) is 5.75 Å². The molecule has 0 saturated heterocycles. The Bertz CT molecular complexity index is 731. The van der Waals surface area contributed by atoms with Crippen molar-refractivity contribution in [2.75, 3.05) is 24.3 Å². The first kappa shape index (κ1) is 18.3. The highest BCUT2D eigenvalue weighted by Crippen LogP contribution is 2.23. The van der Waals surface area contributed by atoms with Crippen LogP contribution in [0.4, 0.5) is 16.2 Å². The lowest BCUT2D eigenvalue weighted by Crippen LogP contribution is -2.27. The van der Waals surface area contributed by atoms with Gasteiger partial charge in [0.2, 0.25) is 0 Å². The fourth-order valence-electron chi connectivity index (χ4n) is 2.29. The second-order valence-electron chi connectivity index (χ2n) is 5.43. The Balaban J connectivity index is 2.07. The van der Waals surface area contributed by atoms with Gasteiger partial charge in [0.25, 0.3) is 5.91 Å². The Morgan fingerprint density at radius 2 is 1.60 bits per heavy atom. The van der Waals surface area contributed by atoms with Crippen LogP contribution in [0.25, 0.3) is 0 Å². The first-order valence-corrected chi connectivity index (χ1v) is 8.24. The summed E-state index contributed by atoms with van der Waals surface area (Å²) < 4.78 is 5.21. The molecule has 3 N–H and O–H groups in total. The molecule has 0 bridgehead atoms. The quantitative estimate of drug-likeness (QED) is 0.669. The number of rotatable bonds is 7. The molecule has 0 unspecified atom stereocenters. The van der Waals surface area contributed by atoms with E-state index in [4.69, 9.17) is 4.74 Å². The van der Waals surface area contributed by atoms with E-state index < -0.39 is 6.03 Å². The summed E-state index contributed by atoms with van der Waals surface area (Å²) >= 11 is 0. The first-order valence-electron chi connectivity index (χ1n) is 8.24. The van der Waals surface area contributed by atoms with Gasteiger partial charge in [-0.1, -0.05) is 37.6 Å². The fourth-order valence-corrected chi connectivity index (χ4v) is 2.29. The fraction of sp³-hybridized carbons (Fsp3) is 0.263. The number of unbranched alkanes of at least 4 members (excludes halogenated alkanes) is 1. The van der Waals surface area contributed by atoms with Crippen molar-refractivity contribution in [3.8, 4) is 5.75 Å². The molecule has 2 rings (SSSR count). The Morgan fingerprint density at radius 1 is 0.960 bits per heavy atom. The highest BCUT2D eigenvalue weighted by Gasteiger charge is 2.13. The van der Waals surface area contributed by atoms with Crippen molar-refractivity contribution < 1.29 is 14.3 Å². The van der Waals surface area contributed by atoms with Gasteiger partial charge >= 0.3 is 6.03 Å². The summed E-state index contributed by atoms with van der Waals surface area (Å²) in [5.41, 5.74) is 1.42. The number of benzene rings is 2. The number of carbonyl (C=O) groups excluding carboxylic acids is 2. The third-order valence-electron chi connectivity index (χ3n) is 3.59. The lowest BCUT2D eigenvalue weighted by Gasteiger charge is -2.13. The van der Waals surface area contributed by atoms with Crippen LogP contribution >= 0.6 is 0 Å². The minimum absolute atomic E-state index is 0.207. The van der Waals surface area contributed by atoms with Crippen LogP contribution in [0.2, 0.25) is 0 Å². The maximum atomic E-state index is 12.3. The molecule has 3 amide bonds. The zero-order valence-corrected chi connectivity index (χ0v) is 14.5. The molecule has 0 heterocycles. The van der Waals surface area contributed by atoms with Gasteiger partial charge in [-0.05, 0) is 30.7 Å². The van der Waals surface area contributed by atoms with Crippen molar-refractivity contribution in [2.45, 2.75) is 19.8 Å². The topological polar surface area (TPSA) is 79.5 Å². The number of amides is 3. The second kappa shape index (κ2) is 9.32. The van der Waals surface area contributed by atoms with Crippen molar-refractivity contribution in [2.24, 2.45) is 0 Å². The molecule has 132 valence electrons.